The van der Waals surface area contributed by atoms with Crippen LogP contribution in [0.15, 0.2) is 23.1 Å². The lowest BCUT2D eigenvalue weighted by molar-refractivity contribution is -0.141. The van der Waals surface area contributed by atoms with E-state index in [-0.39, 0.29) is 15.5 Å². The summed E-state index contributed by atoms with van der Waals surface area (Å²) in [6.45, 7) is 4.82. The Hall–Kier alpha value is -1.62. The number of nitrogens with one attached hydrogen (secondary N) is 1. The molecule has 0 aromatic heterocycles. The van der Waals surface area contributed by atoms with Crippen LogP contribution in [0.5, 0.6) is 0 Å². The molecule has 0 fully saturated rings. The van der Waals surface area contributed by atoms with E-state index in [0.29, 0.717) is 0 Å². The van der Waals surface area contributed by atoms with Crippen LogP contribution in [0.1, 0.15) is 26.3 Å². The summed E-state index contributed by atoms with van der Waals surface area (Å²) in [4.78, 5) is 11.0. The molecule has 0 heterocycles. The molecule has 114 valence electrons. The summed E-state index contributed by atoms with van der Waals surface area (Å²) < 4.78 is 26.7. The smallest absolute Gasteiger partial charge is 0.322 e. The Morgan fingerprint density at radius 1 is 1.43 bits per heavy atom. The molecule has 0 aliphatic rings. The first-order valence-electron chi connectivity index (χ1n) is 5.94. The summed E-state index contributed by atoms with van der Waals surface area (Å²) in [6.07, 6.45) is 0. The van der Waals surface area contributed by atoms with Crippen molar-refractivity contribution in [1.29, 1.82) is 5.26 Å². The summed E-state index contributed by atoms with van der Waals surface area (Å²) in [7, 11) is -4.12. The van der Waals surface area contributed by atoms with E-state index in [2.05, 4.69) is 4.72 Å². The second-order valence-electron chi connectivity index (χ2n) is 5.52. The number of carboxylic acids is 1. The minimum absolute atomic E-state index is 0.139. The Morgan fingerprint density at radius 2 is 2.00 bits per heavy atom. The van der Waals surface area contributed by atoms with E-state index < -0.39 is 27.4 Å². The van der Waals surface area contributed by atoms with Crippen molar-refractivity contribution in [3.63, 3.8) is 0 Å². The zero-order valence-corrected chi connectivity index (χ0v) is 13.3. The summed E-state index contributed by atoms with van der Waals surface area (Å²) >= 11 is 5.85. The molecule has 0 spiro atoms. The number of carbonyl (C=O) groups is 1. The van der Waals surface area contributed by atoms with E-state index in [1.54, 1.807) is 20.8 Å². The van der Waals surface area contributed by atoms with Gasteiger partial charge in [0, 0.05) is 0 Å². The van der Waals surface area contributed by atoms with Gasteiger partial charge in [0.05, 0.1) is 16.7 Å². The van der Waals surface area contributed by atoms with E-state index in [0.717, 1.165) is 0 Å². The molecule has 1 atom stereocenters. The molecule has 0 aliphatic heterocycles. The third kappa shape index (κ3) is 4.17. The molecule has 0 saturated carbocycles. The number of hydrogen-bond donors (Lipinski definition) is 2. The van der Waals surface area contributed by atoms with Crippen LogP contribution in [0.2, 0.25) is 5.02 Å². The first kappa shape index (κ1) is 17.4. The van der Waals surface area contributed by atoms with Crippen LogP contribution in [-0.2, 0) is 14.8 Å². The van der Waals surface area contributed by atoms with Crippen molar-refractivity contribution in [1.82, 2.24) is 4.72 Å². The predicted octanol–water partition coefficient (Wildman–Crippen LogP) is 1.99. The van der Waals surface area contributed by atoms with Gasteiger partial charge in [0.1, 0.15) is 10.9 Å². The SMILES string of the molecule is CC(C)(C)C(NS(=O)(=O)c1ccc(C#N)cc1Cl)C(=O)O. The van der Waals surface area contributed by atoms with E-state index in [1.165, 1.54) is 18.2 Å². The van der Waals surface area contributed by atoms with Gasteiger partial charge in [-0.3, -0.25) is 4.79 Å². The number of carboxylic acid groups (broad SMARTS) is 1. The average molecular weight is 331 g/mol. The molecule has 1 rings (SSSR count). The number of benzene rings is 1. The maximum Gasteiger partial charge on any atom is 0.322 e. The monoisotopic (exact) mass is 330 g/mol. The molecule has 0 bridgehead atoms. The van der Waals surface area contributed by atoms with Crippen LogP contribution in [0.4, 0.5) is 0 Å². The predicted molar refractivity (Wildman–Crippen MR) is 77.4 cm³/mol. The molecule has 0 amide bonds. The van der Waals surface area contributed by atoms with Crippen LogP contribution in [0.25, 0.3) is 0 Å². The Balaban J connectivity index is 3.24. The fourth-order valence-corrected chi connectivity index (χ4v) is 3.54. The summed E-state index contributed by atoms with van der Waals surface area (Å²) in [5.41, 5.74) is -0.609. The molecule has 0 saturated heterocycles. The Kier molecular flexibility index (Phi) is 4.99. The Bertz CT molecular complexity index is 702. The quantitative estimate of drug-likeness (QED) is 0.877. The molecular weight excluding hydrogens is 316 g/mol. The third-order valence-corrected chi connectivity index (χ3v) is 4.64. The van der Waals surface area contributed by atoms with E-state index in [9.17, 15) is 13.2 Å². The van der Waals surface area contributed by atoms with Gasteiger partial charge >= 0.3 is 5.97 Å². The lowest BCUT2D eigenvalue weighted by atomic mass is 9.88. The number of halogens is 1. The van der Waals surface area contributed by atoms with Crippen LogP contribution >= 0.6 is 11.6 Å². The second-order valence-corrected chi connectivity index (χ2v) is 7.61. The molecule has 2 N–H and O–H groups in total. The number of nitriles is 1. The molecule has 1 aromatic rings. The first-order valence-corrected chi connectivity index (χ1v) is 7.80. The van der Waals surface area contributed by atoms with Gasteiger partial charge in [-0.1, -0.05) is 32.4 Å². The van der Waals surface area contributed by atoms with Gasteiger partial charge in [0.25, 0.3) is 0 Å². The minimum Gasteiger partial charge on any atom is -0.480 e. The highest BCUT2D eigenvalue weighted by atomic mass is 35.5. The van der Waals surface area contributed by atoms with Gasteiger partial charge in [-0.15, -0.1) is 0 Å². The first-order chi connectivity index (χ1) is 9.49. The summed E-state index contributed by atoms with van der Waals surface area (Å²) in [6, 6.07) is 4.21. The maximum atomic E-state index is 12.3. The van der Waals surface area contributed by atoms with Gasteiger partial charge in [-0.05, 0) is 23.6 Å². The van der Waals surface area contributed by atoms with Crippen molar-refractivity contribution < 1.29 is 18.3 Å². The Morgan fingerprint density at radius 3 is 2.38 bits per heavy atom. The molecule has 1 aromatic carbocycles. The van der Waals surface area contributed by atoms with Crippen molar-refractivity contribution in [2.45, 2.75) is 31.7 Å². The molecule has 0 radical (unpaired) electrons. The standard InChI is InChI=1S/C13H15ClN2O4S/c1-13(2,3)11(12(17)18)16-21(19,20)10-5-4-8(7-15)6-9(10)14/h4-6,11,16H,1-3H3,(H,17,18). The second kappa shape index (κ2) is 6.02. The van der Waals surface area contributed by atoms with Gasteiger partial charge < -0.3 is 5.11 Å². The fourth-order valence-electron chi connectivity index (χ4n) is 1.60. The average Bonchev–Trinajstić information content (AvgIpc) is 2.33. The lowest BCUT2D eigenvalue weighted by Crippen LogP contribution is -2.49. The number of nitrogens with zero attached hydrogens (tertiary/aromatic N) is 1. The highest BCUT2D eigenvalue weighted by Crippen LogP contribution is 2.26. The molecule has 6 nitrogen and oxygen atoms in total. The third-order valence-electron chi connectivity index (χ3n) is 2.74. The summed E-state index contributed by atoms with van der Waals surface area (Å²) in [5.74, 6) is -1.28. The largest absolute Gasteiger partial charge is 0.480 e. The van der Waals surface area contributed by atoms with Gasteiger partial charge in [0.15, 0.2) is 0 Å². The normalized spacial score (nSPS) is 13.5. The maximum absolute atomic E-state index is 12.3. The fraction of sp³-hybridized carbons (Fsp3) is 0.385. The van der Waals surface area contributed by atoms with E-state index in [4.69, 9.17) is 22.0 Å². The zero-order valence-electron chi connectivity index (χ0n) is 11.7. The van der Waals surface area contributed by atoms with Crippen molar-refractivity contribution in [2.75, 3.05) is 0 Å². The zero-order chi connectivity index (χ0) is 16.4. The molecule has 8 heteroatoms. The Labute approximate surface area is 128 Å². The highest BCUT2D eigenvalue weighted by molar-refractivity contribution is 7.89. The molecule has 0 aliphatic carbocycles. The van der Waals surface area contributed by atoms with Crippen molar-refractivity contribution >= 4 is 27.6 Å². The number of hydrogen-bond acceptors (Lipinski definition) is 4. The van der Waals surface area contributed by atoms with E-state index >= 15 is 0 Å². The van der Waals surface area contributed by atoms with Gasteiger partial charge in [-0.25, -0.2) is 8.42 Å². The van der Waals surface area contributed by atoms with Gasteiger partial charge in [-0.2, -0.15) is 9.98 Å². The topological polar surface area (TPSA) is 107 Å². The van der Waals surface area contributed by atoms with Crippen LogP contribution in [-0.4, -0.2) is 25.5 Å². The van der Waals surface area contributed by atoms with Crippen LogP contribution in [0, 0.1) is 16.7 Å². The number of rotatable bonds is 4. The van der Waals surface area contributed by atoms with Gasteiger partial charge in [0.2, 0.25) is 10.0 Å². The number of sulfonamides is 1. The highest BCUT2D eigenvalue weighted by Gasteiger charge is 2.35. The molecule has 21 heavy (non-hydrogen) atoms. The van der Waals surface area contributed by atoms with Crippen molar-refractivity contribution in [2.24, 2.45) is 5.41 Å². The van der Waals surface area contributed by atoms with E-state index in [1.807, 2.05) is 6.07 Å². The van der Waals surface area contributed by atoms with Crippen LogP contribution < -0.4 is 4.72 Å². The minimum atomic E-state index is -4.12. The molecule has 1 unspecified atom stereocenters. The molecular formula is C13H15ClN2O4S. The number of aliphatic carboxylic acids is 1. The lowest BCUT2D eigenvalue weighted by Gasteiger charge is -2.27. The van der Waals surface area contributed by atoms with Crippen molar-refractivity contribution in [3.8, 4) is 6.07 Å². The van der Waals surface area contributed by atoms with Crippen LogP contribution in [0.3, 0.4) is 0 Å². The van der Waals surface area contributed by atoms with Crippen molar-refractivity contribution in [3.05, 3.63) is 28.8 Å². The summed E-state index contributed by atoms with van der Waals surface area (Å²) in [5, 5.41) is 17.8.